The third-order valence-electron chi connectivity index (χ3n) is 1.39. The van der Waals surface area contributed by atoms with Gasteiger partial charge in [0.2, 0.25) is 0 Å². The van der Waals surface area contributed by atoms with Gasteiger partial charge in [-0.25, -0.2) is 0 Å². The molecule has 3 heteroatoms. The first-order valence-electron chi connectivity index (χ1n) is 3.21. The van der Waals surface area contributed by atoms with Crippen LogP contribution in [0.4, 0.5) is 0 Å². The molecule has 0 fully saturated rings. The van der Waals surface area contributed by atoms with Gasteiger partial charge in [-0.05, 0) is 12.5 Å². The summed E-state index contributed by atoms with van der Waals surface area (Å²) in [6.45, 7) is 0. The summed E-state index contributed by atoms with van der Waals surface area (Å²) in [6, 6.07) is 0. The number of methoxy groups -OCH3 is 1. The van der Waals surface area contributed by atoms with Gasteiger partial charge in [-0.2, -0.15) is 0 Å². The van der Waals surface area contributed by atoms with E-state index >= 15 is 0 Å². The average molecular weight is 142 g/mol. The Hall–Kier alpha value is -0.830. The minimum absolute atomic E-state index is 0.231. The van der Waals surface area contributed by atoms with Crippen molar-refractivity contribution in [3.05, 3.63) is 11.8 Å². The second-order valence-electron chi connectivity index (χ2n) is 2.08. The quantitative estimate of drug-likeness (QED) is 0.536. The van der Waals surface area contributed by atoms with Gasteiger partial charge < -0.3 is 9.47 Å². The Kier molecular flexibility index (Phi) is 2.45. The van der Waals surface area contributed by atoms with E-state index in [0.717, 1.165) is 12.8 Å². The van der Waals surface area contributed by atoms with Crippen molar-refractivity contribution >= 4 is 6.29 Å². The lowest BCUT2D eigenvalue weighted by Gasteiger charge is -2.19. The molecule has 0 radical (unpaired) electrons. The molecule has 0 spiro atoms. The van der Waals surface area contributed by atoms with Crippen LogP contribution in [-0.2, 0) is 14.3 Å². The minimum atomic E-state index is -0.231. The molecular formula is C7H10O3. The molecule has 56 valence electrons. The van der Waals surface area contributed by atoms with Crippen LogP contribution < -0.4 is 0 Å². The van der Waals surface area contributed by atoms with Crippen molar-refractivity contribution in [2.45, 2.75) is 19.1 Å². The van der Waals surface area contributed by atoms with Crippen molar-refractivity contribution in [1.29, 1.82) is 0 Å². The molecule has 1 aliphatic heterocycles. The molecule has 0 saturated heterocycles. The van der Waals surface area contributed by atoms with Crippen LogP contribution in [0, 0.1) is 0 Å². The number of hydrogen-bond acceptors (Lipinski definition) is 3. The maximum absolute atomic E-state index is 10.2. The molecule has 0 saturated carbocycles. The molecule has 0 aromatic rings. The van der Waals surface area contributed by atoms with Crippen LogP contribution in [-0.4, -0.2) is 19.7 Å². The first-order valence-corrected chi connectivity index (χ1v) is 3.21. The number of carbonyl (C=O) groups is 1. The highest BCUT2D eigenvalue weighted by Crippen LogP contribution is 2.14. The largest absolute Gasteiger partial charge is 0.462 e. The highest BCUT2D eigenvalue weighted by atomic mass is 16.7. The number of carbonyl (C=O) groups excluding carboxylic acids is 1. The number of aldehydes is 1. The standard InChI is InChI=1S/C7H10O3/c1-9-7-4-2-3-6(5-8)10-7/h3,5,7H,2,4H2,1H3. The molecule has 0 aromatic carbocycles. The van der Waals surface area contributed by atoms with Gasteiger partial charge in [-0.3, -0.25) is 4.79 Å². The predicted octanol–water partition coefficient (Wildman–Crippen LogP) is 0.852. The molecule has 10 heavy (non-hydrogen) atoms. The summed E-state index contributed by atoms with van der Waals surface area (Å²) in [5, 5.41) is 0. The first-order chi connectivity index (χ1) is 4.86. The van der Waals surface area contributed by atoms with Gasteiger partial charge in [0.25, 0.3) is 0 Å². The summed E-state index contributed by atoms with van der Waals surface area (Å²) in [5.74, 6) is 0.387. The Morgan fingerprint density at radius 2 is 2.70 bits per heavy atom. The molecule has 0 aromatic heterocycles. The van der Waals surface area contributed by atoms with Crippen LogP contribution in [0.2, 0.25) is 0 Å². The van der Waals surface area contributed by atoms with Crippen LogP contribution in [0.15, 0.2) is 11.8 Å². The summed E-state index contributed by atoms with van der Waals surface area (Å²) in [4.78, 5) is 10.2. The second-order valence-corrected chi connectivity index (χ2v) is 2.08. The monoisotopic (exact) mass is 142 g/mol. The number of ether oxygens (including phenoxy) is 2. The van der Waals surface area contributed by atoms with Crippen molar-refractivity contribution in [2.75, 3.05) is 7.11 Å². The molecule has 3 nitrogen and oxygen atoms in total. The van der Waals surface area contributed by atoms with Crippen LogP contribution in [0.25, 0.3) is 0 Å². The lowest BCUT2D eigenvalue weighted by atomic mass is 10.2. The van der Waals surface area contributed by atoms with Crippen LogP contribution >= 0.6 is 0 Å². The van der Waals surface area contributed by atoms with Gasteiger partial charge in [0.1, 0.15) is 0 Å². The van der Waals surface area contributed by atoms with Crippen molar-refractivity contribution < 1.29 is 14.3 Å². The van der Waals surface area contributed by atoms with Crippen LogP contribution in [0.1, 0.15) is 12.8 Å². The predicted molar refractivity (Wildman–Crippen MR) is 35.3 cm³/mol. The first kappa shape index (κ1) is 7.28. The number of allylic oxidation sites excluding steroid dienone is 2. The fourth-order valence-electron chi connectivity index (χ4n) is 0.862. The third-order valence-corrected chi connectivity index (χ3v) is 1.39. The van der Waals surface area contributed by atoms with E-state index in [1.54, 1.807) is 13.2 Å². The van der Waals surface area contributed by atoms with E-state index in [1.165, 1.54) is 0 Å². The fourth-order valence-corrected chi connectivity index (χ4v) is 0.862. The van der Waals surface area contributed by atoms with E-state index in [9.17, 15) is 4.79 Å². The van der Waals surface area contributed by atoms with E-state index in [4.69, 9.17) is 9.47 Å². The van der Waals surface area contributed by atoms with E-state index in [0.29, 0.717) is 12.0 Å². The molecule has 1 aliphatic rings. The van der Waals surface area contributed by atoms with Gasteiger partial charge in [0.05, 0.1) is 0 Å². The Morgan fingerprint density at radius 3 is 3.30 bits per heavy atom. The van der Waals surface area contributed by atoms with Gasteiger partial charge in [-0.15, -0.1) is 0 Å². The second kappa shape index (κ2) is 3.37. The molecule has 0 aliphatic carbocycles. The van der Waals surface area contributed by atoms with Crippen molar-refractivity contribution in [1.82, 2.24) is 0 Å². The fraction of sp³-hybridized carbons (Fsp3) is 0.571. The van der Waals surface area contributed by atoms with E-state index < -0.39 is 0 Å². The molecule has 1 heterocycles. The molecule has 0 N–H and O–H groups in total. The van der Waals surface area contributed by atoms with E-state index in [2.05, 4.69) is 0 Å². The number of hydrogen-bond donors (Lipinski definition) is 0. The minimum Gasteiger partial charge on any atom is -0.462 e. The average Bonchev–Trinajstić information content (AvgIpc) is 2.05. The van der Waals surface area contributed by atoms with E-state index in [1.807, 2.05) is 0 Å². The third kappa shape index (κ3) is 1.57. The smallest absolute Gasteiger partial charge is 0.200 e. The molecule has 1 atom stereocenters. The Balaban J connectivity index is 2.48. The zero-order valence-electron chi connectivity index (χ0n) is 5.87. The summed E-state index contributed by atoms with van der Waals surface area (Å²) in [5.41, 5.74) is 0. The Bertz CT molecular complexity index is 151. The normalized spacial score (nSPS) is 24.9. The lowest BCUT2D eigenvalue weighted by Crippen LogP contribution is -2.18. The van der Waals surface area contributed by atoms with Crippen LogP contribution in [0.3, 0.4) is 0 Å². The highest BCUT2D eigenvalue weighted by molar-refractivity contribution is 5.70. The van der Waals surface area contributed by atoms with Gasteiger partial charge >= 0.3 is 0 Å². The van der Waals surface area contributed by atoms with Gasteiger partial charge in [-0.1, -0.05) is 0 Å². The zero-order chi connectivity index (χ0) is 7.40. The molecule has 1 rings (SSSR count). The molecule has 1 unspecified atom stereocenters. The summed E-state index contributed by atoms with van der Waals surface area (Å²) in [7, 11) is 1.57. The van der Waals surface area contributed by atoms with Gasteiger partial charge in [0.15, 0.2) is 18.3 Å². The van der Waals surface area contributed by atoms with Crippen LogP contribution in [0.5, 0.6) is 0 Å². The van der Waals surface area contributed by atoms with Crippen molar-refractivity contribution in [3.8, 4) is 0 Å². The van der Waals surface area contributed by atoms with E-state index in [-0.39, 0.29) is 6.29 Å². The summed E-state index contributed by atoms with van der Waals surface area (Å²) in [6.07, 6.45) is 3.92. The summed E-state index contributed by atoms with van der Waals surface area (Å²) >= 11 is 0. The number of rotatable bonds is 2. The van der Waals surface area contributed by atoms with Crippen molar-refractivity contribution in [2.24, 2.45) is 0 Å². The zero-order valence-corrected chi connectivity index (χ0v) is 5.87. The Morgan fingerprint density at radius 1 is 1.90 bits per heavy atom. The summed E-state index contributed by atoms with van der Waals surface area (Å²) < 4.78 is 9.96. The Labute approximate surface area is 59.6 Å². The van der Waals surface area contributed by atoms with Crippen molar-refractivity contribution in [3.63, 3.8) is 0 Å². The topological polar surface area (TPSA) is 35.5 Å². The lowest BCUT2D eigenvalue weighted by molar-refractivity contribution is -0.125. The van der Waals surface area contributed by atoms with Gasteiger partial charge in [0, 0.05) is 13.5 Å². The molecular weight excluding hydrogens is 132 g/mol. The maximum atomic E-state index is 10.2. The highest BCUT2D eigenvalue weighted by Gasteiger charge is 2.13. The molecule has 0 amide bonds. The maximum Gasteiger partial charge on any atom is 0.200 e. The molecule has 0 bridgehead atoms. The SMILES string of the molecule is COC1CCC=C(C=O)O1.